The van der Waals surface area contributed by atoms with Crippen molar-refractivity contribution >= 4 is 49.9 Å². The topological polar surface area (TPSA) is 90.4 Å². The standard InChI is InChI=1S/C17H17BrN4O2S/c1-2-3-4-5-14-21-22-15(19)11(16(24)20-17(22)25-14)8-10-6-7-13(23)12(18)9-10/h6-9H,2-5,19H2,1H3. The fourth-order valence-corrected chi connectivity index (χ4v) is 3.79. The number of hydrogen-bond donors (Lipinski definition) is 1. The Bertz CT molecular complexity index is 984. The van der Waals surface area contributed by atoms with Gasteiger partial charge in [0.15, 0.2) is 5.78 Å². The number of nitrogens with two attached hydrogens (primary N) is 1. The number of allylic oxidation sites excluding steroid dienone is 5. The van der Waals surface area contributed by atoms with Crippen molar-refractivity contribution in [1.82, 2.24) is 14.6 Å². The second kappa shape index (κ2) is 7.45. The Hall–Kier alpha value is -2.06. The Morgan fingerprint density at radius 3 is 2.84 bits per heavy atom. The second-order valence-corrected chi connectivity index (χ2v) is 7.59. The molecule has 0 fully saturated rings. The van der Waals surface area contributed by atoms with Crippen LogP contribution in [0.15, 0.2) is 33.1 Å². The summed E-state index contributed by atoms with van der Waals surface area (Å²) in [6.07, 6.45) is 10.5. The number of aromatic nitrogens is 3. The van der Waals surface area contributed by atoms with E-state index in [1.54, 1.807) is 18.2 Å². The Morgan fingerprint density at radius 2 is 2.12 bits per heavy atom. The molecule has 0 unspecified atom stereocenters. The molecule has 1 aliphatic rings. The first-order valence-corrected chi connectivity index (χ1v) is 9.60. The van der Waals surface area contributed by atoms with E-state index in [0.29, 0.717) is 15.0 Å². The van der Waals surface area contributed by atoms with Gasteiger partial charge < -0.3 is 5.73 Å². The Labute approximate surface area is 156 Å². The fourth-order valence-electron chi connectivity index (χ4n) is 2.46. The molecule has 3 rings (SSSR count). The van der Waals surface area contributed by atoms with Crippen molar-refractivity contribution in [3.63, 3.8) is 0 Å². The molecule has 1 aliphatic carbocycles. The average molecular weight is 421 g/mol. The number of unbranched alkanes of at least 4 members (excludes halogenated alkanes) is 2. The highest BCUT2D eigenvalue weighted by atomic mass is 79.9. The van der Waals surface area contributed by atoms with Crippen molar-refractivity contribution in [2.45, 2.75) is 32.6 Å². The number of carbonyl (C=O) groups excluding carboxylic acids is 1. The molecule has 0 radical (unpaired) electrons. The highest BCUT2D eigenvalue weighted by molar-refractivity contribution is 9.12. The van der Waals surface area contributed by atoms with Crippen molar-refractivity contribution in [2.24, 2.45) is 0 Å². The van der Waals surface area contributed by atoms with Crippen LogP contribution in [0.4, 0.5) is 5.82 Å². The van der Waals surface area contributed by atoms with Crippen LogP contribution in [-0.4, -0.2) is 20.4 Å². The lowest BCUT2D eigenvalue weighted by Crippen LogP contribution is -2.16. The van der Waals surface area contributed by atoms with Crippen molar-refractivity contribution in [1.29, 1.82) is 0 Å². The lowest BCUT2D eigenvalue weighted by atomic mass is 10.1. The number of carbonyl (C=O) groups is 1. The van der Waals surface area contributed by atoms with E-state index in [0.717, 1.165) is 30.7 Å². The second-order valence-electron chi connectivity index (χ2n) is 5.70. The number of fused-ring (bicyclic) bond motifs is 1. The maximum atomic E-state index is 12.3. The Balaban J connectivity index is 2.01. The summed E-state index contributed by atoms with van der Waals surface area (Å²) in [5.74, 6) is 0.141. The molecule has 0 saturated carbocycles. The van der Waals surface area contributed by atoms with Crippen LogP contribution in [0.2, 0.25) is 0 Å². The lowest BCUT2D eigenvalue weighted by molar-refractivity contribution is -0.110. The third-order valence-electron chi connectivity index (χ3n) is 3.79. The molecule has 0 bridgehead atoms. The number of rotatable bonds is 5. The van der Waals surface area contributed by atoms with Gasteiger partial charge in [-0.3, -0.25) is 9.59 Å². The van der Waals surface area contributed by atoms with Crippen LogP contribution in [0.5, 0.6) is 0 Å². The zero-order valence-electron chi connectivity index (χ0n) is 13.7. The highest BCUT2D eigenvalue weighted by Gasteiger charge is 2.15. The van der Waals surface area contributed by atoms with Gasteiger partial charge in [-0.05, 0) is 46.2 Å². The maximum absolute atomic E-state index is 12.3. The van der Waals surface area contributed by atoms with Gasteiger partial charge in [0.05, 0.1) is 10.0 Å². The van der Waals surface area contributed by atoms with Gasteiger partial charge >= 0.3 is 0 Å². The van der Waals surface area contributed by atoms with E-state index in [9.17, 15) is 9.59 Å². The predicted molar refractivity (Wildman–Crippen MR) is 104 cm³/mol. The van der Waals surface area contributed by atoms with Crippen LogP contribution in [-0.2, 0) is 11.2 Å². The molecule has 6 nitrogen and oxygen atoms in total. The molecule has 0 spiro atoms. The van der Waals surface area contributed by atoms with Crippen LogP contribution < -0.4 is 11.3 Å². The number of hydrogen-bond acceptors (Lipinski definition) is 6. The number of nitrogen functional groups attached to an aromatic ring is 1. The quantitative estimate of drug-likeness (QED) is 0.749. The minimum absolute atomic E-state index is 0.119. The summed E-state index contributed by atoms with van der Waals surface area (Å²) in [6.45, 7) is 2.15. The Morgan fingerprint density at radius 1 is 1.32 bits per heavy atom. The molecular weight excluding hydrogens is 404 g/mol. The van der Waals surface area contributed by atoms with Gasteiger partial charge in [-0.1, -0.05) is 37.2 Å². The first-order valence-electron chi connectivity index (χ1n) is 7.99. The summed E-state index contributed by atoms with van der Waals surface area (Å²) in [7, 11) is 0. The number of anilines is 1. The molecule has 0 atom stereocenters. The molecule has 0 saturated heterocycles. The third-order valence-corrected chi connectivity index (χ3v) is 5.38. The molecule has 130 valence electrons. The first-order chi connectivity index (χ1) is 12.0. The smallest absolute Gasteiger partial charge is 0.283 e. The normalized spacial score (nSPS) is 16.0. The molecule has 0 aromatic carbocycles. The molecule has 2 aromatic rings. The minimum atomic E-state index is -0.399. The van der Waals surface area contributed by atoms with E-state index in [4.69, 9.17) is 5.73 Å². The summed E-state index contributed by atoms with van der Waals surface area (Å²) >= 11 is 4.59. The summed E-state index contributed by atoms with van der Waals surface area (Å²) < 4.78 is 1.96. The molecule has 0 aliphatic heterocycles. The van der Waals surface area contributed by atoms with Crippen molar-refractivity contribution in [2.75, 3.05) is 5.73 Å². The molecule has 8 heteroatoms. The lowest BCUT2D eigenvalue weighted by Gasteiger charge is -2.05. The summed E-state index contributed by atoms with van der Waals surface area (Å²) in [5, 5.41) is 5.41. The summed E-state index contributed by atoms with van der Waals surface area (Å²) in [4.78, 5) is 28.4. The third kappa shape index (κ3) is 3.80. The van der Waals surface area contributed by atoms with Crippen LogP contribution in [0.25, 0.3) is 11.0 Å². The van der Waals surface area contributed by atoms with Gasteiger partial charge in [-0.2, -0.15) is 14.6 Å². The molecule has 2 N–H and O–H groups in total. The Kier molecular flexibility index (Phi) is 5.29. The predicted octanol–water partition coefficient (Wildman–Crippen LogP) is 3.27. The largest absolute Gasteiger partial charge is 0.383 e. The number of ketones is 1. The van der Waals surface area contributed by atoms with E-state index in [1.165, 1.54) is 21.9 Å². The number of halogens is 1. The zero-order chi connectivity index (χ0) is 18.0. The molecule has 2 aromatic heterocycles. The fraction of sp³-hybridized carbons (Fsp3) is 0.294. The summed E-state index contributed by atoms with van der Waals surface area (Å²) in [6, 6.07) is 0. The van der Waals surface area contributed by atoms with Gasteiger partial charge in [-0.25, -0.2) is 0 Å². The SMILES string of the molecule is CCCCCc1nn2c(N)c(C=C3C=CC(=O)C(Br)=C3)c(=O)nc2s1. The highest BCUT2D eigenvalue weighted by Crippen LogP contribution is 2.23. The van der Waals surface area contributed by atoms with Crippen LogP contribution in [0.1, 0.15) is 36.8 Å². The van der Waals surface area contributed by atoms with E-state index in [2.05, 4.69) is 32.9 Å². The molecule has 2 heterocycles. The first kappa shape index (κ1) is 17.8. The van der Waals surface area contributed by atoms with Crippen molar-refractivity contribution in [3.05, 3.63) is 49.2 Å². The van der Waals surface area contributed by atoms with Gasteiger partial charge in [0.25, 0.3) is 5.56 Å². The van der Waals surface area contributed by atoms with Gasteiger partial charge in [-0.15, -0.1) is 0 Å². The minimum Gasteiger partial charge on any atom is -0.383 e. The van der Waals surface area contributed by atoms with Gasteiger partial charge in [0.2, 0.25) is 4.96 Å². The van der Waals surface area contributed by atoms with E-state index < -0.39 is 5.56 Å². The molecule has 0 amide bonds. The maximum Gasteiger partial charge on any atom is 0.283 e. The average Bonchev–Trinajstić information content (AvgIpc) is 2.98. The number of nitrogens with zero attached hydrogens (tertiary/aromatic N) is 3. The van der Waals surface area contributed by atoms with Crippen LogP contribution in [0.3, 0.4) is 0 Å². The molecular formula is C17H17BrN4O2S. The monoisotopic (exact) mass is 420 g/mol. The van der Waals surface area contributed by atoms with E-state index in [-0.39, 0.29) is 17.2 Å². The van der Waals surface area contributed by atoms with Crippen molar-refractivity contribution in [3.8, 4) is 0 Å². The zero-order valence-corrected chi connectivity index (χ0v) is 16.1. The van der Waals surface area contributed by atoms with Crippen molar-refractivity contribution < 1.29 is 4.79 Å². The van der Waals surface area contributed by atoms with E-state index >= 15 is 0 Å². The van der Waals surface area contributed by atoms with Gasteiger partial charge in [0.1, 0.15) is 10.8 Å². The van der Waals surface area contributed by atoms with E-state index in [1.807, 2.05) is 0 Å². The van der Waals surface area contributed by atoms with Crippen LogP contribution in [0, 0.1) is 0 Å². The van der Waals surface area contributed by atoms with Crippen LogP contribution >= 0.6 is 27.3 Å². The van der Waals surface area contributed by atoms with Gasteiger partial charge in [0, 0.05) is 6.42 Å². The summed E-state index contributed by atoms with van der Waals surface area (Å²) in [5.41, 5.74) is 6.73. The molecule has 25 heavy (non-hydrogen) atoms. The number of aryl methyl sites for hydroxylation is 1.